The van der Waals surface area contributed by atoms with Gasteiger partial charge in [-0.25, -0.2) is 0 Å². The summed E-state index contributed by atoms with van der Waals surface area (Å²) in [5, 5.41) is 13.1. The maximum absolute atomic E-state index is 9.36. The molecular weight excluding hydrogens is 314 g/mol. The zero-order valence-corrected chi connectivity index (χ0v) is 14.1. The van der Waals surface area contributed by atoms with Crippen LogP contribution in [0.4, 0.5) is 0 Å². The lowest BCUT2D eigenvalue weighted by Crippen LogP contribution is -2.24. The number of aliphatic hydroxyl groups excluding tert-OH is 1. The molecule has 0 aliphatic heterocycles. The van der Waals surface area contributed by atoms with Crippen LogP contribution in [-0.4, -0.2) is 24.9 Å². The van der Waals surface area contributed by atoms with Gasteiger partial charge < -0.3 is 19.9 Å². The van der Waals surface area contributed by atoms with Crippen LogP contribution >= 0.6 is 11.6 Å². The van der Waals surface area contributed by atoms with Gasteiger partial charge in [-0.3, -0.25) is 0 Å². The molecule has 0 aliphatic rings. The van der Waals surface area contributed by atoms with Gasteiger partial charge in [-0.05, 0) is 18.6 Å². The van der Waals surface area contributed by atoms with Gasteiger partial charge in [0, 0.05) is 29.7 Å². The second-order valence-corrected chi connectivity index (χ2v) is 5.79. The lowest BCUT2D eigenvalue weighted by Gasteiger charge is -2.17. The van der Waals surface area contributed by atoms with Crippen molar-refractivity contribution < 1.29 is 14.6 Å². The normalized spacial score (nSPS) is 12.0. The van der Waals surface area contributed by atoms with Gasteiger partial charge in [0.25, 0.3) is 0 Å². The Bertz CT molecular complexity index is 617. The van der Waals surface area contributed by atoms with E-state index in [1.165, 1.54) is 0 Å². The first-order valence-electron chi connectivity index (χ1n) is 7.52. The Labute approximate surface area is 142 Å². The van der Waals surface area contributed by atoms with Gasteiger partial charge in [0.05, 0.1) is 13.2 Å². The second-order valence-electron chi connectivity index (χ2n) is 5.35. The Hall–Kier alpha value is -1.75. The van der Waals surface area contributed by atoms with Crippen LogP contribution in [0.15, 0.2) is 42.5 Å². The molecule has 0 amide bonds. The van der Waals surface area contributed by atoms with Crippen molar-refractivity contribution in [3.63, 3.8) is 0 Å². The quantitative estimate of drug-likeness (QED) is 0.776. The fraction of sp³-hybridized carbons (Fsp3) is 0.333. The highest BCUT2D eigenvalue weighted by atomic mass is 35.5. The highest BCUT2D eigenvalue weighted by Crippen LogP contribution is 2.35. The van der Waals surface area contributed by atoms with Crippen molar-refractivity contribution in [3.8, 4) is 11.5 Å². The van der Waals surface area contributed by atoms with E-state index >= 15 is 0 Å². The van der Waals surface area contributed by atoms with Crippen LogP contribution in [0.3, 0.4) is 0 Å². The summed E-state index contributed by atoms with van der Waals surface area (Å²) in [5.41, 5.74) is 1.97. The maximum Gasteiger partial charge on any atom is 0.166 e. The van der Waals surface area contributed by atoms with Gasteiger partial charge in [-0.15, -0.1) is 0 Å². The summed E-state index contributed by atoms with van der Waals surface area (Å²) < 4.78 is 11.4. The average Bonchev–Trinajstić information content (AvgIpc) is 2.54. The van der Waals surface area contributed by atoms with Crippen molar-refractivity contribution in [1.29, 1.82) is 0 Å². The summed E-state index contributed by atoms with van der Waals surface area (Å²) in [7, 11) is 1.59. The standard InChI is InChI=1S/C18H22ClNO3/c1-13(21)10-20-11-15-8-16(19)9-17(22-2)18(15)23-12-14-6-4-3-5-7-14/h3-9,13,20-21H,10-12H2,1-2H3. The van der Waals surface area contributed by atoms with E-state index in [9.17, 15) is 5.11 Å². The average molecular weight is 336 g/mol. The third kappa shape index (κ3) is 5.43. The third-order valence-electron chi connectivity index (χ3n) is 3.30. The van der Waals surface area contributed by atoms with Crippen molar-refractivity contribution in [2.24, 2.45) is 0 Å². The van der Waals surface area contributed by atoms with Crippen molar-refractivity contribution in [3.05, 3.63) is 58.6 Å². The Morgan fingerprint density at radius 1 is 1.22 bits per heavy atom. The minimum absolute atomic E-state index is 0.412. The van der Waals surface area contributed by atoms with Crippen molar-refractivity contribution >= 4 is 11.6 Å². The van der Waals surface area contributed by atoms with E-state index in [0.29, 0.717) is 36.2 Å². The molecule has 2 aromatic carbocycles. The van der Waals surface area contributed by atoms with Gasteiger partial charge >= 0.3 is 0 Å². The highest BCUT2D eigenvalue weighted by molar-refractivity contribution is 6.30. The summed E-state index contributed by atoms with van der Waals surface area (Å²) in [6.07, 6.45) is -0.412. The maximum atomic E-state index is 9.36. The fourth-order valence-electron chi connectivity index (χ4n) is 2.21. The summed E-state index contributed by atoms with van der Waals surface area (Å²) in [5.74, 6) is 1.26. The van der Waals surface area contributed by atoms with E-state index < -0.39 is 6.10 Å². The van der Waals surface area contributed by atoms with Crippen LogP contribution in [0.1, 0.15) is 18.1 Å². The number of aliphatic hydroxyl groups is 1. The number of ether oxygens (including phenoxy) is 2. The first kappa shape index (κ1) is 17.6. The number of benzene rings is 2. The summed E-state index contributed by atoms with van der Waals surface area (Å²) in [6, 6.07) is 13.5. The van der Waals surface area contributed by atoms with Crippen molar-refractivity contribution in [1.82, 2.24) is 5.32 Å². The Morgan fingerprint density at radius 3 is 2.61 bits per heavy atom. The fourth-order valence-corrected chi connectivity index (χ4v) is 2.45. The molecule has 23 heavy (non-hydrogen) atoms. The Balaban J connectivity index is 2.16. The minimum Gasteiger partial charge on any atom is -0.493 e. The number of hydrogen-bond acceptors (Lipinski definition) is 4. The van der Waals surface area contributed by atoms with Gasteiger partial charge in [0.1, 0.15) is 6.61 Å². The second kappa shape index (κ2) is 8.77. The van der Waals surface area contributed by atoms with E-state index in [4.69, 9.17) is 21.1 Å². The molecule has 2 rings (SSSR count). The Kier molecular flexibility index (Phi) is 6.71. The lowest BCUT2D eigenvalue weighted by molar-refractivity contribution is 0.190. The smallest absolute Gasteiger partial charge is 0.166 e. The molecule has 5 heteroatoms. The summed E-state index contributed by atoms with van der Waals surface area (Å²) in [6.45, 7) is 3.21. The van der Waals surface area contributed by atoms with E-state index in [2.05, 4.69) is 5.32 Å². The molecule has 124 valence electrons. The van der Waals surface area contributed by atoms with E-state index in [1.807, 2.05) is 36.4 Å². The SMILES string of the molecule is COc1cc(Cl)cc(CNCC(C)O)c1OCc1ccccc1. The van der Waals surface area contributed by atoms with E-state index in [1.54, 1.807) is 20.1 Å². The molecule has 0 aliphatic carbocycles. The molecule has 0 heterocycles. The first-order valence-corrected chi connectivity index (χ1v) is 7.90. The zero-order chi connectivity index (χ0) is 16.7. The monoisotopic (exact) mass is 335 g/mol. The molecule has 0 radical (unpaired) electrons. The minimum atomic E-state index is -0.412. The van der Waals surface area contributed by atoms with Crippen LogP contribution in [-0.2, 0) is 13.2 Å². The largest absolute Gasteiger partial charge is 0.493 e. The molecule has 4 nitrogen and oxygen atoms in total. The van der Waals surface area contributed by atoms with Crippen molar-refractivity contribution in [2.45, 2.75) is 26.2 Å². The molecular formula is C18H22ClNO3. The highest BCUT2D eigenvalue weighted by Gasteiger charge is 2.13. The molecule has 0 saturated carbocycles. The molecule has 1 unspecified atom stereocenters. The van der Waals surface area contributed by atoms with Gasteiger partial charge in [-0.2, -0.15) is 0 Å². The summed E-state index contributed by atoms with van der Waals surface area (Å²) in [4.78, 5) is 0. The van der Waals surface area contributed by atoms with Crippen LogP contribution in [0.25, 0.3) is 0 Å². The molecule has 0 bridgehead atoms. The molecule has 0 aromatic heterocycles. The predicted octanol–water partition coefficient (Wildman–Crippen LogP) is 3.40. The predicted molar refractivity (Wildman–Crippen MR) is 92.2 cm³/mol. The third-order valence-corrected chi connectivity index (χ3v) is 3.52. The summed E-state index contributed by atoms with van der Waals surface area (Å²) >= 11 is 6.15. The molecule has 2 N–H and O–H groups in total. The molecule has 0 fully saturated rings. The lowest BCUT2D eigenvalue weighted by atomic mass is 10.1. The Morgan fingerprint density at radius 2 is 1.96 bits per heavy atom. The first-order chi connectivity index (χ1) is 11.1. The topological polar surface area (TPSA) is 50.7 Å². The van der Waals surface area contributed by atoms with Crippen LogP contribution in [0.2, 0.25) is 5.02 Å². The van der Waals surface area contributed by atoms with E-state index in [0.717, 1.165) is 11.1 Å². The van der Waals surface area contributed by atoms with Crippen LogP contribution in [0.5, 0.6) is 11.5 Å². The van der Waals surface area contributed by atoms with E-state index in [-0.39, 0.29) is 0 Å². The number of halogens is 1. The molecule has 0 saturated heterocycles. The van der Waals surface area contributed by atoms with Crippen LogP contribution < -0.4 is 14.8 Å². The molecule has 0 spiro atoms. The number of hydrogen-bond donors (Lipinski definition) is 2. The van der Waals surface area contributed by atoms with Crippen LogP contribution in [0, 0.1) is 0 Å². The van der Waals surface area contributed by atoms with Gasteiger partial charge in [0.2, 0.25) is 0 Å². The zero-order valence-electron chi connectivity index (χ0n) is 13.4. The van der Waals surface area contributed by atoms with Gasteiger partial charge in [-0.1, -0.05) is 41.9 Å². The number of nitrogens with one attached hydrogen (secondary N) is 1. The van der Waals surface area contributed by atoms with Gasteiger partial charge in [0.15, 0.2) is 11.5 Å². The number of methoxy groups -OCH3 is 1. The number of rotatable bonds is 8. The molecule has 2 aromatic rings. The molecule has 1 atom stereocenters. The van der Waals surface area contributed by atoms with Crippen molar-refractivity contribution in [2.75, 3.05) is 13.7 Å².